The van der Waals surface area contributed by atoms with Crippen molar-refractivity contribution < 1.29 is 14.0 Å². The minimum absolute atomic E-state index is 0.316. The number of halogens is 2. The zero-order valence-corrected chi connectivity index (χ0v) is 7.87. The molecule has 2 rings (SSSR count). The molecular weight excluding hydrogens is 197 g/mol. The van der Waals surface area contributed by atoms with Gasteiger partial charge in [0.2, 0.25) is 0 Å². The Morgan fingerprint density at radius 2 is 2.20 bits per heavy atom. The summed E-state index contributed by atoms with van der Waals surface area (Å²) in [5, 5.41) is 10.6. The molecule has 2 nitrogen and oxygen atoms in total. The standard InChI is InChI=1S/C10H8BF2N2/c12-7-1-2-8(10(13)5-7)9-3-4-15-11(9)6-14/h1-3,5H,4,15H2. The molecule has 1 radical (unpaired) electrons. The molecule has 0 aliphatic carbocycles. The molecule has 0 atom stereocenters. The van der Waals surface area contributed by atoms with E-state index in [0.717, 1.165) is 6.07 Å². The van der Waals surface area contributed by atoms with Gasteiger partial charge < -0.3 is 5.23 Å². The first-order valence-corrected chi connectivity index (χ1v) is 4.61. The number of nitrogens with zero attached hydrogens (tertiary/aromatic N) is 1. The molecule has 0 aromatic heterocycles. The number of hydrogen-bond donors (Lipinski definition) is 1. The molecule has 0 saturated heterocycles. The lowest BCUT2D eigenvalue weighted by atomic mass is 9.57. The van der Waals surface area contributed by atoms with Crippen molar-refractivity contribution in [1.29, 1.82) is 5.26 Å². The largest absolute Gasteiger partial charge is 0.539 e. The van der Waals surface area contributed by atoms with Crippen LogP contribution in [-0.2, 0) is 0 Å². The first kappa shape index (κ1) is 9.87. The first-order chi connectivity index (χ1) is 7.22. The van der Waals surface area contributed by atoms with Crippen LogP contribution in [0.5, 0.6) is 0 Å². The Kier molecular flexibility index (Phi) is 2.52. The summed E-state index contributed by atoms with van der Waals surface area (Å²) in [6.07, 6.45) is 1.80. The Balaban J connectivity index is 2.42. The average molecular weight is 205 g/mol. The topological polar surface area (TPSA) is 40.4 Å². The zero-order chi connectivity index (χ0) is 10.8. The van der Waals surface area contributed by atoms with Gasteiger partial charge >= 0.3 is 0 Å². The summed E-state index contributed by atoms with van der Waals surface area (Å²) in [6.45, 7) is 0.273. The van der Waals surface area contributed by atoms with Crippen molar-refractivity contribution in [2.45, 2.75) is 0 Å². The van der Waals surface area contributed by atoms with E-state index in [2.05, 4.69) is 5.97 Å². The Hall–Kier alpha value is -1.67. The van der Waals surface area contributed by atoms with E-state index in [4.69, 9.17) is 5.26 Å². The SMILES string of the molecule is N#C[B-]1[NH2+]CC=C1c1ccc(F)cc1F. The second-order valence-electron chi connectivity index (χ2n) is 3.36. The molecule has 1 aromatic carbocycles. The summed E-state index contributed by atoms with van der Waals surface area (Å²) in [4.78, 5) is 0. The molecule has 0 saturated carbocycles. The Labute approximate surface area is 86.3 Å². The minimum atomic E-state index is -0.614. The summed E-state index contributed by atoms with van der Waals surface area (Å²) >= 11 is 0. The van der Waals surface area contributed by atoms with Gasteiger partial charge in [-0.15, -0.1) is 11.4 Å². The fourth-order valence-corrected chi connectivity index (χ4v) is 1.71. The van der Waals surface area contributed by atoms with E-state index in [1.807, 2.05) is 0 Å². The Bertz CT molecular complexity index is 465. The lowest BCUT2D eigenvalue weighted by Crippen LogP contribution is -2.90. The Morgan fingerprint density at radius 1 is 1.40 bits per heavy atom. The van der Waals surface area contributed by atoms with Crippen LogP contribution in [0.15, 0.2) is 24.3 Å². The highest BCUT2D eigenvalue weighted by Crippen LogP contribution is 2.20. The van der Waals surface area contributed by atoms with Gasteiger partial charge in [-0.3, -0.25) is 0 Å². The summed E-state index contributed by atoms with van der Waals surface area (Å²) in [5.74, 6) is 0.852. The molecule has 1 aliphatic rings. The molecule has 2 N–H and O–H groups in total. The number of quaternary nitrogens is 1. The lowest BCUT2D eigenvalue weighted by molar-refractivity contribution is -0.501. The fourth-order valence-electron chi connectivity index (χ4n) is 1.71. The smallest absolute Gasteiger partial charge is 0.273 e. The highest BCUT2D eigenvalue weighted by molar-refractivity contribution is 6.78. The van der Waals surface area contributed by atoms with Crippen molar-refractivity contribution in [2.75, 3.05) is 6.54 Å². The van der Waals surface area contributed by atoms with Gasteiger partial charge in [0.15, 0.2) is 0 Å². The maximum absolute atomic E-state index is 13.4. The zero-order valence-electron chi connectivity index (χ0n) is 7.87. The van der Waals surface area contributed by atoms with Gasteiger partial charge in [-0.05, 0) is 11.6 Å². The molecule has 75 valence electrons. The predicted molar refractivity (Wildman–Crippen MR) is 52.5 cm³/mol. The van der Waals surface area contributed by atoms with Crippen molar-refractivity contribution in [1.82, 2.24) is 0 Å². The number of hydrogen-bond acceptors (Lipinski definition) is 1. The van der Waals surface area contributed by atoms with Crippen molar-refractivity contribution in [3.8, 4) is 5.97 Å². The van der Waals surface area contributed by atoms with Gasteiger partial charge in [0, 0.05) is 12.6 Å². The van der Waals surface area contributed by atoms with Crippen LogP contribution in [0.4, 0.5) is 8.78 Å². The maximum Gasteiger partial charge on any atom is 0.273 e. The number of rotatable bonds is 1. The second kappa shape index (κ2) is 3.83. The fraction of sp³-hybridized carbons (Fsp3) is 0.100. The highest BCUT2D eigenvalue weighted by Gasteiger charge is 2.19. The van der Waals surface area contributed by atoms with Gasteiger partial charge in [0.25, 0.3) is 6.85 Å². The number of nitrogens with two attached hydrogens (primary N) is 1. The molecule has 15 heavy (non-hydrogen) atoms. The molecule has 0 bridgehead atoms. The third-order valence-corrected chi connectivity index (χ3v) is 2.43. The van der Waals surface area contributed by atoms with Crippen molar-refractivity contribution in [3.63, 3.8) is 0 Å². The van der Waals surface area contributed by atoms with Crippen LogP contribution in [0.25, 0.3) is 5.47 Å². The van der Waals surface area contributed by atoms with Crippen LogP contribution in [0.3, 0.4) is 0 Å². The normalized spacial score (nSPS) is 16.2. The van der Waals surface area contributed by atoms with Crippen LogP contribution in [-0.4, -0.2) is 13.4 Å². The van der Waals surface area contributed by atoms with Crippen LogP contribution in [0.2, 0.25) is 0 Å². The van der Waals surface area contributed by atoms with E-state index in [-0.39, 0.29) is 6.85 Å². The molecule has 0 unspecified atom stereocenters. The molecule has 1 aliphatic heterocycles. The molecule has 1 aromatic rings. The average Bonchev–Trinajstić information content (AvgIpc) is 2.65. The molecule has 0 fully saturated rings. The third-order valence-electron chi connectivity index (χ3n) is 2.43. The van der Waals surface area contributed by atoms with Gasteiger partial charge in [0.1, 0.15) is 11.6 Å². The van der Waals surface area contributed by atoms with E-state index in [1.54, 1.807) is 11.3 Å². The van der Waals surface area contributed by atoms with E-state index in [1.165, 1.54) is 12.1 Å². The maximum atomic E-state index is 13.4. The molecular formula is C10H8BF2N2. The summed E-state index contributed by atoms with van der Waals surface area (Å²) < 4.78 is 26.1. The second-order valence-corrected chi connectivity index (χ2v) is 3.36. The number of nitriles is 1. The monoisotopic (exact) mass is 205 g/mol. The van der Waals surface area contributed by atoms with E-state index < -0.39 is 11.6 Å². The summed E-state index contributed by atoms with van der Waals surface area (Å²) in [7, 11) is 0. The van der Waals surface area contributed by atoms with Gasteiger partial charge in [-0.2, -0.15) is 0 Å². The first-order valence-electron chi connectivity index (χ1n) is 4.61. The van der Waals surface area contributed by atoms with Gasteiger partial charge in [-0.25, -0.2) is 14.0 Å². The quantitative estimate of drug-likeness (QED) is 0.667. The summed E-state index contributed by atoms with van der Waals surface area (Å²) in [6, 6.07) is 3.41. The van der Waals surface area contributed by atoms with Gasteiger partial charge in [-0.1, -0.05) is 12.1 Å². The lowest BCUT2D eigenvalue weighted by Gasteiger charge is -2.12. The van der Waals surface area contributed by atoms with E-state index >= 15 is 0 Å². The van der Waals surface area contributed by atoms with Crippen molar-refractivity contribution in [3.05, 3.63) is 41.5 Å². The molecule has 5 heteroatoms. The van der Waals surface area contributed by atoms with Crippen LogP contribution >= 0.6 is 0 Å². The Morgan fingerprint density at radius 3 is 2.87 bits per heavy atom. The van der Waals surface area contributed by atoms with Gasteiger partial charge in [0.05, 0.1) is 0 Å². The molecule has 0 amide bonds. The van der Waals surface area contributed by atoms with Crippen molar-refractivity contribution >= 4 is 12.3 Å². The van der Waals surface area contributed by atoms with Crippen LogP contribution in [0, 0.1) is 22.9 Å². The highest BCUT2D eigenvalue weighted by atomic mass is 19.1. The third kappa shape index (κ3) is 1.76. The van der Waals surface area contributed by atoms with E-state index in [9.17, 15) is 8.78 Å². The molecule has 1 heterocycles. The van der Waals surface area contributed by atoms with Crippen LogP contribution in [0.1, 0.15) is 5.56 Å². The predicted octanol–water partition coefficient (Wildman–Crippen LogP) is 0.519. The van der Waals surface area contributed by atoms with E-state index in [0.29, 0.717) is 17.6 Å². The summed E-state index contributed by atoms with van der Waals surface area (Å²) in [5.41, 5.74) is 0.951. The molecule has 0 spiro atoms. The minimum Gasteiger partial charge on any atom is -0.539 e. The van der Waals surface area contributed by atoms with Crippen molar-refractivity contribution in [2.24, 2.45) is 0 Å². The number of benzene rings is 1. The van der Waals surface area contributed by atoms with Crippen LogP contribution < -0.4 is 5.23 Å².